The molecule has 3 rings (SSSR count). The van der Waals surface area contributed by atoms with E-state index in [4.69, 9.17) is 0 Å². The Morgan fingerprint density at radius 3 is 2.11 bits per heavy atom. The predicted octanol–water partition coefficient (Wildman–Crippen LogP) is 1.44. The minimum absolute atomic E-state index is 0. The van der Waals surface area contributed by atoms with Gasteiger partial charge in [0.05, 0.1) is 12.5 Å². The van der Waals surface area contributed by atoms with Crippen LogP contribution in [0.4, 0.5) is 0 Å². The standard InChI is InChI=1S/C21H36N4O2.H2/c1-3-9-23-15-19(16-23)21(27)25-12-7-18(8-13-25)17-5-10-24(11-6-17)20(26)14-22-4-2;/h3,17-19,22H,1,4-16H2,2H3;1H. The summed E-state index contributed by atoms with van der Waals surface area (Å²) in [5.74, 6) is 2.24. The molecule has 0 aromatic carbocycles. The van der Waals surface area contributed by atoms with Crippen molar-refractivity contribution in [2.75, 3.05) is 58.9 Å². The third-order valence-electron chi connectivity index (χ3n) is 6.63. The van der Waals surface area contributed by atoms with Crippen molar-refractivity contribution in [3.63, 3.8) is 0 Å². The molecule has 0 aromatic heterocycles. The van der Waals surface area contributed by atoms with Gasteiger partial charge in [0.15, 0.2) is 0 Å². The van der Waals surface area contributed by atoms with Crippen molar-refractivity contribution in [3.05, 3.63) is 12.7 Å². The van der Waals surface area contributed by atoms with Crippen LogP contribution < -0.4 is 5.32 Å². The van der Waals surface area contributed by atoms with Gasteiger partial charge in [0, 0.05) is 47.2 Å². The van der Waals surface area contributed by atoms with E-state index in [1.54, 1.807) is 0 Å². The highest BCUT2D eigenvalue weighted by Crippen LogP contribution is 2.33. The van der Waals surface area contributed by atoms with E-state index in [9.17, 15) is 9.59 Å². The summed E-state index contributed by atoms with van der Waals surface area (Å²) in [7, 11) is 0. The van der Waals surface area contributed by atoms with Crippen LogP contribution in [0, 0.1) is 17.8 Å². The molecule has 0 unspecified atom stereocenters. The second kappa shape index (κ2) is 9.69. The smallest absolute Gasteiger partial charge is 0.236 e. The zero-order valence-electron chi connectivity index (χ0n) is 16.9. The number of carbonyl (C=O) groups is 2. The van der Waals surface area contributed by atoms with Crippen LogP contribution in [0.5, 0.6) is 0 Å². The molecule has 0 bridgehead atoms. The van der Waals surface area contributed by atoms with E-state index >= 15 is 0 Å². The fourth-order valence-electron chi connectivity index (χ4n) is 4.87. The Morgan fingerprint density at radius 2 is 1.59 bits per heavy atom. The molecule has 154 valence electrons. The van der Waals surface area contributed by atoms with Gasteiger partial charge in [0.1, 0.15) is 0 Å². The van der Waals surface area contributed by atoms with Crippen LogP contribution in [0.25, 0.3) is 0 Å². The fourth-order valence-corrected chi connectivity index (χ4v) is 4.87. The molecule has 3 aliphatic heterocycles. The molecular weight excluding hydrogens is 340 g/mol. The molecule has 0 atom stereocenters. The van der Waals surface area contributed by atoms with Crippen molar-refractivity contribution < 1.29 is 11.0 Å². The highest BCUT2D eigenvalue weighted by molar-refractivity contribution is 5.80. The van der Waals surface area contributed by atoms with Gasteiger partial charge in [-0.25, -0.2) is 0 Å². The van der Waals surface area contributed by atoms with Crippen LogP contribution in [0.1, 0.15) is 34.0 Å². The maximum absolute atomic E-state index is 12.6. The molecule has 6 heteroatoms. The number of nitrogens with one attached hydrogen (secondary N) is 1. The lowest BCUT2D eigenvalue weighted by Gasteiger charge is -2.43. The molecule has 1 N–H and O–H groups in total. The lowest BCUT2D eigenvalue weighted by molar-refractivity contribution is -0.143. The summed E-state index contributed by atoms with van der Waals surface area (Å²) in [4.78, 5) is 31.2. The first-order chi connectivity index (χ1) is 13.1. The Hall–Kier alpha value is -1.40. The SMILES string of the molecule is C=CCN1CC(C(=O)N2CCC(C3CCN(C(=O)CNCC)CC3)CC2)C1.[HH]. The third kappa shape index (κ3) is 5.11. The van der Waals surface area contributed by atoms with Crippen LogP contribution in [0.15, 0.2) is 12.7 Å². The van der Waals surface area contributed by atoms with Gasteiger partial charge in [-0.3, -0.25) is 14.5 Å². The maximum Gasteiger partial charge on any atom is 0.236 e. The van der Waals surface area contributed by atoms with Crippen LogP contribution in [0.2, 0.25) is 0 Å². The van der Waals surface area contributed by atoms with Crippen LogP contribution in [-0.4, -0.2) is 85.4 Å². The Labute approximate surface area is 165 Å². The summed E-state index contributed by atoms with van der Waals surface area (Å²) >= 11 is 0. The minimum atomic E-state index is 0. The molecule has 6 nitrogen and oxygen atoms in total. The summed E-state index contributed by atoms with van der Waals surface area (Å²) in [6.07, 6.45) is 6.41. The van der Waals surface area contributed by atoms with Crippen LogP contribution in [0.3, 0.4) is 0 Å². The molecule has 3 aliphatic rings. The zero-order chi connectivity index (χ0) is 19.2. The molecule has 2 amide bonds. The number of nitrogens with zero attached hydrogens (tertiary/aromatic N) is 3. The summed E-state index contributed by atoms with van der Waals surface area (Å²) < 4.78 is 0. The number of hydrogen-bond donors (Lipinski definition) is 1. The average molecular weight is 379 g/mol. The molecule has 0 aliphatic carbocycles. The van der Waals surface area contributed by atoms with Crippen molar-refractivity contribution in [1.82, 2.24) is 20.0 Å². The first-order valence-corrected chi connectivity index (χ1v) is 10.7. The van der Waals surface area contributed by atoms with E-state index in [0.29, 0.717) is 12.5 Å². The fraction of sp³-hybridized carbons (Fsp3) is 0.810. The van der Waals surface area contributed by atoms with Gasteiger partial charge < -0.3 is 15.1 Å². The Kier molecular flexibility index (Phi) is 7.30. The summed E-state index contributed by atoms with van der Waals surface area (Å²) in [6, 6.07) is 0. The zero-order valence-corrected chi connectivity index (χ0v) is 16.9. The Bertz CT molecular complexity index is 522. The van der Waals surface area contributed by atoms with Gasteiger partial charge in [-0.1, -0.05) is 13.0 Å². The number of amides is 2. The van der Waals surface area contributed by atoms with Gasteiger partial charge in [0.2, 0.25) is 11.8 Å². The van der Waals surface area contributed by atoms with Crippen LogP contribution in [-0.2, 0) is 9.59 Å². The van der Waals surface area contributed by atoms with Gasteiger partial charge in [-0.15, -0.1) is 6.58 Å². The van der Waals surface area contributed by atoms with E-state index in [-0.39, 0.29) is 13.3 Å². The van der Waals surface area contributed by atoms with Crippen molar-refractivity contribution >= 4 is 11.8 Å². The highest BCUT2D eigenvalue weighted by atomic mass is 16.2. The second-order valence-electron chi connectivity index (χ2n) is 8.37. The van der Waals surface area contributed by atoms with E-state index < -0.39 is 0 Å². The largest absolute Gasteiger partial charge is 0.342 e. The van der Waals surface area contributed by atoms with Crippen molar-refractivity contribution in [3.8, 4) is 0 Å². The summed E-state index contributed by atoms with van der Waals surface area (Å²) in [5, 5.41) is 3.13. The maximum atomic E-state index is 12.6. The Morgan fingerprint density at radius 1 is 1.04 bits per heavy atom. The molecule has 0 aromatic rings. The van der Waals surface area contributed by atoms with E-state index in [1.807, 2.05) is 17.9 Å². The number of likely N-dealkylation sites (tertiary alicyclic amines) is 3. The van der Waals surface area contributed by atoms with Crippen LogP contribution >= 0.6 is 0 Å². The molecular formula is C21H38N4O2. The van der Waals surface area contributed by atoms with E-state index in [1.165, 1.54) is 0 Å². The predicted molar refractivity (Wildman–Crippen MR) is 109 cm³/mol. The highest BCUT2D eigenvalue weighted by Gasteiger charge is 2.37. The quantitative estimate of drug-likeness (QED) is 0.681. The molecule has 3 saturated heterocycles. The van der Waals surface area contributed by atoms with E-state index in [0.717, 1.165) is 89.9 Å². The monoisotopic (exact) mass is 378 g/mol. The van der Waals surface area contributed by atoms with Gasteiger partial charge in [-0.2, -0.15) is 0 Å². The lowest BCUT2D eigenvalue weighted by atomic mass is 9.78. The normalized spacial score (nSPS) is 23.3. The number of rotatable bonds is 7. The first-order valence-electron chi connectivity index (χ1n) is 10.7. The van der Waals surface area contributed by atoms with Crippen molar-refractivity contribution in [1.29, 1.82) is 0 Å². The summed E-state index contributed by atoms with van der Waals surface area (Å²) in [6.45, 7) is 13.4. The summed E-state index contributed by atoms with van der Waals surface area (Å²) in [5.41, 5.74) is 0. The topological polar surface area (TPSA) is 55.9 Å². The van der Waals surface area contributed by atoms with Crippen molar-refractivity contribution in [2.45, 2.75) is 32.6 Å². The molecule has 0 saturated carbocycles. The second-order valence-corrected chi connectivity index (χ2v) is 8.37. The minimum Gasteiger partial charge on any atom is -0.342 e. The molecule has 0 spiro atoms. The number of piperidine rings is 2. The van der Waals surface area contributed by atoms with Crippen molar-refractivity contribution in [2.24, 2.45) is 17.8 Å². The first kappa shape index (κ1) is 20.3. The molecule has 3 fully saturated rings. The van der Waals surface area contributed by atoms with E-state index in [2.05, 4.69) is 21.7 Å². The number of hydrogen-bond acceptors (Lipinski definition) is 4. The third-order valence-corrected chi connectivity index (χ3v) is 6.63. The van der Waals surface area contributed by atoms with Gasteiger partial charge in [0.25, 0.3) is 0 Å². The Balaban J connectivity index is 0.00000280. The number of carbonyl (C=O) groups excluding carboxylic acids is 2. The average Bonchev–Trinajstić information content (AvgIpc) is 2.68. The lowest BCUT2D eigenvalue weighted by Crippen LogP contribution is -2.55. The molecule has 27 heavy (non-hydrogen) atoms. The van der Waals surface area contributed by atoms with Gasteiger partial charge >= 0.3 is 0 Å². The number of likely N-dealkylation sites (N-methyl/N-ethyl adjacent to an activating group) is 1. The molecule has 3 heterocycles. The van der Waals surface area contributed by atoms with Gasteiger partial charge in [-0.05, 0) is 44.1 Å². The molecule has 0 radical (unpaired) electrons.